The van der Waals surface area contributed by atoms with E-state index in [1.54, 1.807) is 18.3 Å². The third-order valence-electron chi connectivity index (χ3n) is 3.18. The quantitative estimate of drug-likeness (QED) is 0.498. The Bertz CT molecular complexity index is 888. The van der Waals surface area contributed by atoms with Gasteiger partial charge in [0, 0.05) is 14.7 Å². The minimum atomic E-state index is -0.193. The number of anilines is 1. The van der Waals surface area contributed by atoms with Gasteiger partial charge in [0.15, 0.2) is 0 Å². The van der Waals surface area contributed by atoms with Crippen molar-refractivity contribution < 1.29 is 4.79 Å². The average molecular weight is 467 g/mol. The summed E-state index contributed by atoms with van der Waals surface area (Å²) in [4.78, 5) is 17.9. The van der Waals surface area contributed by atoms with Crippen LogP contribution in [0.2, 0.25) is 5.02 Å². The zero-order valence-corrected chi connectivity index (χ0v) is 16.1. The number of amides is 1. The molecular formula is C18H12ClIN2OS. The van der Waals surface area contributed by atoms with Crippen LogP contribution in [-0.2, 0) is 0 Å². The van der Waals surface area contributed by atoms with E-state index in [4.69, 9.17) is 11.6 Å². The number of benzene rings is 2. The Morgan fingerprint density at radius 2 is 1.79 bits per heavy atom. The van der Waals surface area contributed by atoms with Gasteiger partial charge in [-0.3, -0.25) is 4.79 Å². The van der Waals surface area contributed by atoms with Gasteiger partial charge in [-0.15, -0.1) is 0 Å². The van der Waals surface area contributed by atoms with Crippen LogP contribution in [0.4, 0.5) is 5.69 Å². The summed E-state index contributed by atoms with van der Waals surface area (Å²) < 4.78 is 0.979. The third kappa shape index (κ3) is 4.09. The molecule has 0 aliphatic heterocycles. The molecule has 24 heavy (non-hydrogen) atoms. The number of para-hydroxylation sites is 1. The maximum absolute atomic E-state index is 12.7. The topological polar surface area (TPSA) is 42.0 Å². The molecular weight excluding hydrogens is 455 g/mol. The molecule has 0 fully saturated rings. The van der Waals surface area contributed by atoms with Crippen molar-refractivity contribution in [1.29, 1.82) is 0 Å². The molecule has 3 rings (SSSR count). The fourth-order valence-corrected chi connectivity index (χ4v) is 3.71. The van der Waals surface area contributed by atoms with Crippen molar-refractivity contribution in [1.82, 2.24) is 4.98 Å². The zero-order valence-electron chi connectivity index (χ0n) is 12.4. The summed E-state index contributed by atoms with van der Waals surface area (Å²) in [6.45, 7) is 0. The number of pyridine rings is 1. The van der Waals surface area contributed by atoms with Gasteiger partial charge >= 0.3 is 0 Å². The van der Waals surface area contributed by atoms with Gasteiger partial charge in [0.1, 0.15) is 5.03 Å². The summed E-state index contributed by atoms with van der Waals surface area (Å²) >= 11 is 9.78. The largest absolute Gasteiger partial charge is 0.321 e. The number of rotatable bonds is 4. The Morgan fingerprint density at radius 1 is 1.04 bits per heavy atom. The van der Waals surface area contributed by atoms with Gasteiger partial charge in [-0.05, 0) is 59.0 Å². The first-order valence-corrected chi connectivity index (χ1v) is 9.36. The Hall–Kier alpha value is -1.57. The van der Waals surface area contributed by atoms with Crippen LogP contribution >= 0.6 is 46.0 Å². The minimum Gasteiger partial charge on any atom is -0.321 e. The monoisotopic (exact) mass is 466 g/mol. The van der Waals surface area contributed by atoms with Crippen LogP contribution in [0.5, 0.6) is 0 Å². The summed E-state index contributed by atoms with van der Waals surface area (Å²) in [6.07, 6.45) is 1.67. The van der Waals surface area contributed by atoms with E-state index in [-0.39, 0.29) is 5.91 Å². The Labute approximate surface area is 163 Å². The van der Waals surface area contributed by atoms with Crippen LogP contribution in [-0.4, -0.2) is 10.9 Å². The first-order valence-electron chi connectivity index (χ1n) is 7.08. The summed E-state index contributed by atoms with van der Waals surface area (Å²) in [7, 11) is 0. The molecule has 0 unspecified atom stereocenters. The van der Waals surface area contributed by atoms with Gasteiger partial charge in [-0.2, -0.15) is 0 Å². The molecule has 0 spiro atoms. The van der Waals surface area contributed by atoms with Crippen LogP contribution in [0.25, 0.3) is 0 Å². The summed E-state index contributed by atoms with van der Waals surface area (Å²) in [5, 5.41) is 4.19. The van der Waals surface area contributed by atoms with Crippen molar-refractivity contribution in [2.45, 2.75) is 9.92 Å². The smallest absolute Gasteiger partial charge is 0.258 e. The normalized spacial score (nSPS) is 10.4. The van der Waals surface area contributed by atoms with E-state index in [2.05, 4.69) is 32.9 Å². The van der Waals surface area contributed by atoms with E-state index in [0.717, 1.165) is 14.2 Å². The summed E-state index contributed by atoms with van der Waals surface area (Å²) in [5.41, 5.74) is 1.29. The number of halogens is 2. The molecule has 0 aliphatic carbocycles. The van der Waals surface area contributed by atoms with Crippen LogP contribution in [0.15, 0.2) is 76.8 Å². The van der Waals surface area contributed by atoms with Crippen LogP contribution in [0, 0.1) is 3.57 Å². The van der Waals surface area contributed by atoms with Gasteiger partial charge in [0.2, 0.25) is 0 Å². The molecule has 0 aliphatic rings. The maximum atomic E-state index is 12.7. The van der Waals surface area contributed by atoms with E-state index in [9.17, 15) is 4.79 Å². The molecule has 0 saturated heterocycles. The fourth-order valence-electron chi connectivity index (χ4n) is 2.03. The van der Waals surface area contributed by atoms with Gasteiger partial charge in [0.05, 0.1) is 16.3 Å². The van der Waals surface area contributed by atoms with Gasteiger partial charge in [0.25, 0.3) is 5.91 Å². The predicted molar refractivity (Wildman–Crippen MR) is 107 cm³/mol. The highest BCUT2D eigenvalue weighted by Crippen LogP contribution is 2.34. The second-order valence-electron chi connectivity index (χ2n) is 4.82. The molecule has 1 amide bonds. The Morgan fingerprint density at radius 3 is 2.58 bits per heavy atom. The average Bonchev–Trinajstić information content (AvgIpc) is 2.59. The van der Waals surface area contributed by atoms with Gasteiger partial charge in [-0.25, -0.2) is 4.98 Å². The lowest BCUT2D eigenvalue weighted by molar-refractivity contribution is 0.102. The van der Waals surface area contributed by atoms with Crippen molar-refractivity contribution in [2.75, 3.05) is 5.32 Å². The molecule has 1 N–H and O–H groups in total. The Balaban J connectivity index is 1.88. The molecule has 1 heterocycles. The van der Waals surface area contributed by atoms with Gasteiger partial charge < -0.3 is 5.32 Å². The Kier molecular flexibility index (Phi) is 5.76. The van der Waals surface area contributed by atoms with E-state index in [1.807, 2.05) is 48.5 Å². The van der Waals surface area contributed by atoms with Crippen LogP contribution in [0.1, 0.15) is 10.4 Å². The highest BCUT2D eigenvalue weighted by atomic mass is 127. The van der Waals surface area contributed by atoms with E-state index in [1.165, 1.54) is 11.8 Å². The van der Waals surface area contributed by atoms with E-state index in [0.29, 0.717) is 15.6 Å². The number of nitrogens with one attached hydrogen (secondary N) is 1. The molecule has 2 aromatic carbocycles. The molecule has 6 heteroatoms. The van der Waals surface area contributed by atoms with E-state index < -0.39 is 0 Å². The second-order valence-corrected chi connectivity index (χ2v) is 7.42. The lowest BCUT2D eigenvalue weighted by Gasteiger charge is -2.10. The van der Waals surface area contributed by atoms with Crippen LogP contribution < -0.4 is 5.32 Å². The van der Waals surface area contributed by atoms with Crippen molar-refractivity contribution in [3.8, 4) is 0 Å². The zero-order chi connectivity index (χ0) is 16.9. The summed E-state index contributed by atoms with van der Waals surface area (Å²) in [5.74, 6) is -0.193. The number of nitrogens with zero attached hydrogens (tertiary/aromatic N) is 1. The lowest BCUT2D eigenvalue weighted by Crippen LogP contribution is -2.14. The first kappa shape index (κ1) is 17.3. The van der Waals surface area contributed by atoms with Crippen molar-refractivity contribution in [3.63, 3.8) is 0 Å². The molecule has 0 bridgehead atoms. The van der Waals surface area contributed by atoms with Crippen molar-refractivity contribution in [2.24, 2.45) is 0 Å². The second kappa shape index (κ2) is 8.00. The third-order valence-corrected chi connectivity index (χ3v) is 5.66. The molecule has 3 nitrogen and oxygen atoms in total. The highest BCUT2D eigenvalue weighted by molar-refractivity contribution is 14.1. The number of aromatic nitrogens is 1. The van der Waals surface area contributed by atoms with Crippen LogP contribution in [0.3, 0.4) is 0 Å². The number of carbonyl (C=O) groups is 1. The number of hydrogen-bond acceptors (Lipinski definition) is 3. The predicted octanol–water partition coefficient (Wildman–Crippen LogP) is 5.74. The lowest BCUT2D eigenvalue weighted by atomic mass is 10.2. The molecule has 0 saturated carbocycles. The fraction of sp³-hybridized carbons (Fsp3) is 0. The summed E-state index contributed by atoms with van der Waals surface area (Å²) in [6, 6.07) is 18.6. The maximum Gasteiger partial charge on any atom is 0.258 e. The molecule has 3 aromatic rings. The number of carbonyl (C=O) groups excluding carboxylic acids is 1. The number of hydrogen-bond donors (Lipinski definition) is 1. The highest BCUT2D eigenvalue weighted by Gasteiger charge is 2.15. The van der Waals surface area contributed by atoms with Crippen molar-refractivity contribution in [3.05, 3.63) is 81.0 Å². The first-order chi connectivity index (χ1) is 11.6. The molecule has 1 aromatic heterocycles. The van der Waals surface area contributed by atoms with E-state index >= 15 is 0 Å². The van der Waals surface area contributed by atoms with Crippen molar-refractivity contribution >= 4 is 57.5 Å². The standard InChI is InChI=1S/C18H12ClIN2OS/c19-13-7-1-4-10-16(13)24-18-12(6-5-11-21-18)17(23)22-15-9-3-2-8-14(15)20/h1-11H,(H,22,23). The molecule has 0 radical (unpaired) electrons. The molecule has 120 valence electrons. The minimum absolute atomic E-state index is 0.193. The SMILES string of the molecule is O=C(Nc1ccccc1I)c1cccnc1Sc1ccccc1Cl. The molecule has 0 atom stereocenters. The van der Waals surface area contributed by atoms with Gasteiger partial charge in [-0.1, -0.05) is 47.6 Å².